The topological polar surface area (TPSA) is 118 Å². The van der Waals surface area contributed by atoms with Crippen LogP contribution < -0.4 is 0 Å². The molecule has 0 fully saturated rings. The third-order valence-corrected chi connectivity index (χ3v) is 3.28. The zero-order valence-corrected chi connectivity index (χ0v) is 11.7. The molecule has 1 aromatic rings. The largest absolute Gasteiger partial charge is 0.507 e. The first-order chi connectivity index (χ1) is 9.16. The molecule has 6 heteroatoms. The molecule has 0 heterocycles. The van der Waals surface area contributed by atoms with Crippen LogP contribution in [0.25, 0.3) is 0 Å². The van der Waals surface area contributed by atoms with Crippen LogP contribution in [0.15, 0.2) is 6.07 Å². The SMILES string of the molecule is Cc1cc(C(=O)CC(O)C(O)C(C)O)c(O)c(C)c1O. The van der Waals surface area contributed by atoms with Gasteiger partial charge in [0.2, 0.25) is 0 Å². The highest BCUT2D eigenvalue weighted by Gasteiger charge is 2.26. The lowest BCUT2D eigenvalue weighted by Gasteiger charge is -2.20. The fourth-order valence-corrected chi connectivity index (χ4v) is 1.92. The van der Waals surface area contributed by atoms with Crippen LogP contribution in [0.4, 0.5) is 0 Å². The summed E-state index contributed by atoms with van der Waals surface area (Å²) in [4.78, 5) is 12.0. The van der Waals surface area contributed by atoms with Gasteiger partial charge in [-0.3, -0.25) is 4.79 Å². The lowest BCUT2D eigenvalue weighted by Crippen LogP contribution is -2.36. The van der Waals surface area contributed by atoms with Crippen molar-refractivity contribution in [1.82, 2.24) is 0 Å². The average molecular weight is 284 g/mol. The van der Waals surface area contributed by atoms with Crippen LogP contribution in [-0.4, -0.2) is 49.6 Å². The van der Waals surface area contributed by atoms with Gasteiger partial charge in [0.1, 0.15) is 17.6 Å². The molecule has 6 nitrogen and oxygen atoms in total. The zero-order chi connectivity index (χ0) is 15.6. The van der Waals surface area contributed by atoms with E-state index >= 15 is 0 Å². The van der Waals surface area contributed by atoms with Gasteiger partial charge in [0.25, 0.3) is 0 Å². The van der Waals surface area contributed by atoms with Crippen LogP contribution in [0, 0.1) is 13.8 Å². The van der Waals surface area contributed by atoms with Crippen LogP contribution >= 0.6 is 0 Å². The fourth-order valence-electron chi connectivity index (χ4n) is 1.92. The molecule has 0 radical (unpaired) electrons. The number of carbonyl (C=O) groups excluding carboxylic acids is 1. The highest BCUT2D eigenvalue weighted by molar-refractivity contribution is 5.99. The summed E-state index contributed by atoms with van der Waals surface area (Å²) in [5.41, 5.74) is 0.572. The highest BCUT2D eigenvalue weighted by Crippen LogP contribution is 2.33. The molecule has 20 heavy (non-hydrogen) atoms. The maximum atomic E-state index is 12.0. The summed E-state index contributed by atoms with van der Waals surface area (Å²) >= 11 is 0. The summed E-state index contributed by atoms with van der Waals surface area (Å²) in [6.07, 6.45) is -4.49. The predicted octanol–water partition coefficient (Wildman–Crippen LogP) is 0.390. The van der Waals surface area contributed by atoms with Crippen LogP contribution in [0.5, 0.6) is 11.5 Å². The van der Waals surface area contributed by atoms with E-state index < -0.39 is 30.5 Å². The lowest BCUT2D eigenvalue weighted by atomic mass is 9.96. The molecule has 0 aliphatic heterocycles. The molecule has 3 atom stereocenters. The van der Waals surface area contributed by atoms with Crippen molar-refractivity contribution in [2.75, 3.05) is 0 Å². The maximum Gasteiger partial charge on any atom is 0.169 e. The van der Waals surface area contributed by atoms with Gasteiger partial charge in [-0.15, -0.1) is 0 Å². The van der Waals surface area contributed by atoms with E-state index in [9.17, 15) is 25.2 Å². The number of phenolic OH excluding ortho intramolecular Hbond substituents is 2. The molecule has 0 amide bonds. The number of rotatable bonds is 5. The number of hydrogen-bond donors (Lipinski definition) is 5. The van der Waals surface area contributed by atoms with E-state index in [4.69, 9.17) is 5.11 Å². The Bertz CT molecular complexity index is 509. The first-order valence-electron chi connectivity index (χ1n) is 6.26. The number of aromatic hydroxyl groups is 2. The molecule has 0 aromatic heterocycles. The second-order valence-electron chi connectivity index (χ2n) is 4.99. The molecule has 1 rings (SSSR count). The van der Waals surface area contributed by atoms with Crippen molar-refractivity contribution < 1.29 is 30.3 Å². The van der Waals surface area contributed by atoms with Crippen molar-refractivity contribution in [3.8, 4) is 11.5 Å². The molecule has 112 valence electrons. The first-order valence-corrected chi connectivity index (χ1v) is 6.26. The number of aliphatic hydroxyl groups is 3. The van der Waals surface area contributed by atoms with Crippen LogP contribution in [-0.2, 0) is 0 Å². The average Bonchev–Trinajstić information content (AvgIpc) is 2.39. The number of hydrogen-bond acceptors (Lipinski definition) is 6. The van der Waals surface area contributed by atoms with Gasteiger partial charge >= 0.3 is 0 Å². The number of benzene rings is 1. The monoisotopic (exact) mass is 284 g/mol. The third-order valence-electron chi connectivity index (χ3n) is 3.28. The van der Waals surface area contributed by atoms with Crippen LogP contribution in [0.1, 0.15) is 34.8 Å². The standard InChI is InChI=1S/C14H20O6/c1-6-4-9(13(19)7(2)12(6)18)10(16)5-11(17)14(20)8(3)15/h4,8,11,14-15,17-20H,5H2,1-3H3. The number of Topliss-reactive ketones (excluding diaryl/α,β-unsaturated/α-hetero) is 1. The molecule has 0 bridgehead atoms. The van der Waals surface area contributed by atoms with Crippen molar-refractivity contribution in [1.29, 1.82) is 0 Å². The number of aryl methyl sites for hydroxylation is 1. The molecule has 0 spiro atoms. The van der Waals surface area contributed by atoms with E-state index in [-0.39, 0.29) is 22.6 Å². The van der Waals surface area contributed by atoms with Crippen molar-refractivity contribution in [3.05, 3.63) is 22.8 Å². The Kier molecular flexibility index (Phi) is 5.10. The minimum atomic E-state index is -1.44. The van der Waals surface area contributed by atoms with Gasteiger partial charge in [-0.2, -0.15) is 0 Å². The Balaban J connectivity index is 3.00. The summed E-state index contributed by atoms with van der Waals surface area (Å²) in [5.74, 6) is -1.03. The van der Waals surface area contributed by atoms with E-state index in [1.807, 2.05) is 0 Å². The van der Waals surface area contributed by atoms with Gasteiger partial charge in [-0.05, 0) is 32.4 Å². The van der Waals surface area contributed by atoms with Crippen molar-refractivity contribution in [2.24, 2.45) is 0 Å². The van der Waals surface area contributed by atoms with Crippen molar-refractivity contribution in [2.45, 2.75) is 45.5 Å². The molecular formula is C14H20O6. The molecule has 0 saturated carbocycles. The molecule has 0 saturated heterocycles. The first kappa shape index (κ1) is 16.4. The van der Waals surface area contributed by atoms with Gasteiger partial charge < -0.3 is 25.5 Å². The van der Waals surface area contributed by atoms with E-state index in [2.05, 4.69) is 0 Å². The van der Waals surface area contributed by atoms with Crippen molar-refractivity contribution in [3.63, 3.8) is 0 Å². The number of phenols is 2. The van der Waals surface area contributed by atoms with Crippen LogP contribution in [0.2, 0.25) is 0 Å². The predicted molar refractivity (Wildman–Crippen MR) is 71.9 cm³/mol. The van der Waals surface area contributed by atoms with Crippen molar-refractivity contribution >= 4 is 5.78 Å². The van der Waals surface area contributed by atoms with Gasteiger partial charge in [0.05, 0.1) is 17.8 Å². The van der Waals surface area contributed by atoms with Gasteiger partial charge in [-0.1, -0.05) is 0 Å². The van der Waals surface area contributed by atoms with Gasteiger partial charge in [0.15, 0.2) is 5.78 Å². The second-order valence-corrected chi connectivity index (χ2v) is 4.99. The van der Waals surface area contributed by atoms with Gasteiger partial charge in [-0.25, -0.2) is 0 Å². The molecule has 5 N–H and O–H groups in total. The summed E-state index contributed by atoms with van der Waals surface area (Å²) in [5, 5.41) is 47.8. The summed E-state index contributed by atoms with van der Waals surface area (Å²) < 4.78 is 0. The van der Waals surface area contributed by atoms with Gasteiger partial charge in [0, 0.05) is 12.0 Å². The zero-order valence-electron chi connectivity index (χ0n) is 11.7. The Labute approximate surface area is 116 Å². The van der Waals surface area contributed by atoms with E-state index in [1.54, 1.807) is 6.92 Å². The molecule has 0 aliphatic rings. The minimum Gasteiger partial charge on any atom is -0.507 e. The minimum absolute atomic E-state index is 0.0327. The number of aliphatic hydroxyl groups excluding tert-OH is 3. The Morgan fingerprint density at radius 1 is 1.15 bits per heavy atom. The van der Waals surface area contributed by atoms with Crippen LogP contribution in [0.3, 0.4) is 0 Å². The third kappa shape index (κ3) is 3.27. The summed E-state index contributed by atoms with van der Waals surface area (Å²) in [7, 11) is 0. The Morgan fingerprint density at radius 3 is 2.20 bits per heavy atom. The summed E-state index contributed by atoms with van der Waals surface area (Å²) in [6.45, 7) is 4.35. The second kappa shape index (κ2) is 6.21. The number of ketones is 1. The lowest BCUT2D eigenvalue weighted by molar-refractivity contribution is -0.0511. The van der Waals surface area contributed by atoms with E-state index in [1.165, 1.54) is 19.9 Å². The normalized spacial score (nSPS) is 15.7. The number of carbonyl (C=O) groups is 1. The Morgan fingerprint density at radius 2 is 1.70 bits per heavy atom. The molecule has 3 unspecified atom stereocenters. The molecular weight excluding hydrogens is 264 g/mol. The molecule has 1 aromatic carbocycles. The van der Waals surface area contributed by atoms with E-state index in [0.29, 0.717) is 5.56 Å². The smallest absolute Gasteiger partial charge is 0.169 e. The highest BCUT2D eigenvalue weighted by atomic mass is 16.4. The maximum absolute atomic E-state index is 12.0. The summed E-state index contributed by atoms with van der Waals surface area (Å²) in [6, 6.07) is 1.32. The van der Waals surface area contributed by atoms with E-state index in [0.717, 1.165) is 0 Å². The fraction of sp³-hybridized carbons (Fsp3) is 0.500. The Hall–Kier alpha value is -1.63. The quantitative estimate of drug-likeness (QED) is 0.499. The molecule has 0 aliphatic carbocycles.